The second kappa shape index (κ2) is 10.3. The first-order valence-electron chi connectivity index (χ1n) is 9.32. The van der Waals surface area contributed by atoms with Gasteiger partial charge in [0.25, 0.3) is 5.91 Å². The summed E-state index contributed by atoms with van der Waals surface area (Å²) in [5, 5.41) is 18.8. The van der Waals surface area contributed by atoms with Crippen molar-refractivity contribution < 1.29 is 22.9 Å². The molecule has 1 aliphatic rings. The quantitative estimate of drug-likeness (QED) is 0.311. The van der Waals surface area contributed by atoms with Crippen LogP contribution in [0.5, 0.6) is 0 Å². The molecule has 1 aromatic heterocycles. The van der Waals surface area contributed by atoms with E-state index in [0.717, 1.165) is 25.9 Å². The molecule has 2 amide bonds. The van der Waals surface area contributed by atoms with Gasteiger partial charge in [0.1, 0.15) is 0 Å². The van der Waals surface area contributed by atoms with Crippen molar-refractivity contribution in [2.75, 3.05) is 36.0 Å². The van der Waals surface area contributed by atoms with Gasteiger partial charge in [0.05, 0.1) is 23.7 Å². The number of nitrogens with one attached hydrogen (secondary N) is 3. The van der Waals surface area contributed by atoms with E-state index in [9.17, 15) is 18.0 Å². The molecule has 0 atom stereocenters. The Morgan fingerprint density at radius 3 is 2.43 bits per heavy atom. The summed E-state index contributed by atoms with van der Waals surface area (Å²) in [6, 6.07) is 5.57. The van der Waals surface area contributed by atoms with E-state index in [1.807, 2.05) is 0 Å². The van der Waals surface area contributed by atoms with Gasteiger partial charge in [0.15, 0.2) is 10.9 Å². The SMILES string of the molecule is NS(=O)(=O)c1ccc(NC(=O)CSc2nnc(NC(=O)C[NH+]3CCCCC3)s2)cc1. The second-order valence-corrected chi connectivity index (χ2v) is 10.6. The van der Waals surface area contributed by atoms with Gasteiger partial charge < -0.3 is 10.2 Å². The summed E-state index contributed by atoms with van der Waals surface area (Å²) in [4.78, 5) is 25.5. The van der Waals surface area contributed by atoms with E-state index in [2.05, 4.69) is 20.8 Å². The molecule has 5 N–H and O–H groups in total. The van der Waals surface area contributed by atoms with Crippen molar-refractivity contribution in [1.82, 2.24) is 10.2 Å². The number of hydrogen-bond acceptors (Lipinski definition) is 8. The fourth-order valence-corrected chi connectivity index (χ4v) is 5.07. The number of sulfonamides is 1. The molecule has 1 aromatic carbocycles. The third-order valence-electron chi connectivity index (χ3n) is 4.42. The summed E-state index contributed by atoms with van der Waals surface area (Å²) in [6.45, 7) is 2.46. The van der Waals surface area contributed by atoms with Crippen LogP contribution in [0.2, 0.25) is 0 Å². The lowest BCUT2D eigenvalue weighted by atomic mass is 10.1. The number of benzene rings is 1. The van der Waals surface area contributed by atoms with Crippen LogP contribution in [0.4, 0.5) is 10.8 Å². The van der Waals surface area contributed by atoms with E-state index >= 15 is 0 Å². The summed E-state index contributed by atoms with van der Waals surface area (Å²) < 4.78 is 23.0. The van der Waals surface area contributed by atoms with Crippen molar-refractivity contribution in [3.05, 3.63) is 24.3 Å². The van der Waals surface area contributed by atoms with Gasteiger partial charge in [-0.05, 0) is 43.5 Å². The maximum Gasteiger partial charge on any atom is 0.281 e. The topological polar surface area (TPSA) is 149 Å². The Hall–Kier alpha value is -2.06. The Morgan fingerprint density at radius 2 is 1.77 bits per heavy atom. The number of nitrogens with two attached hydrogens (primary N) is 1. The Bertz CT molecular complexity index is 987. The summed E-state index contributed by atoms with van der Waals surface area (Å²) in [6.07, 6.45) is 3.54. The average Bonchev–Trinajstić information content (AvgIpc) is 3.14. The Morgan fingerprint density at radius 1 is 1.07 bits per heavy atom. The van der Waals surface area contributed by atoms with Gasteiger partial charge in [-0.15, -0.1) is 10.2 Å². The average molecular weight is 472 g/mol. The molecule has 0 spiro atoms. The minimum absolute atomic E-state index is 0.0276. The molecule has 30 heavy (non-hydrogen) atoms. The largest absolute Gasteiger partial charge is 0.327 e. The van der Waals surface area contributed by atoms with Crippen LogP contribution in [-0.4, -0.2) is 55.8 Å². The highest BCUT2D eigenvalue weighted by molar-refractivity contribution is 8.01. The van der Waals surface area contributed by atoms with Crippen molar-refractivity contribution >= 4 is 55.8 Å². The molecule has 162 valence electrons. The number of carbonyl (C=O) groups is 2. The number of quaternary nitrogens is 1. The van der Waals surface area contributed by atoms with Crippen LogP contribution in [0.3, 0.4) is 0 Å². The van der Waals surface area contributed by atoms with Crippen LogP contribution >= 0.6 is 23.1 Å². The highest BCUT2D eigenvalue weighted by Gasteiger charge is 2.18. The molecule has 0 bridgehead atoms. The van der Waals surface area contributed by atoms with Crippen LogP contribution in [-0.2, 0) is 19.6 Å². The first-order chi connectivity index (χ1) is 14.3. The first kappa shape index (κ1) is 22.6. The van der Waals surface area contributed by atoms with E-state index in [1.54, 1.807) is 0 Å². The molecule has 0 aliphatic carbocycles. The zero-order chi connectivity index (χ0) is 21.6. The molecule has 1 fully saturated rings. The van der Waals surface area contributed by atoms with Crippen molar-refractivity contribution in [3.8, 4) is 0 Å². The third kappa shape index (κ3) is 7.02. The number of aromatic nitrogens is 2. The smallest absolute Gasteiger partial charge is 0.281 e. The molecule has 13 heteroatoms. The lowest BCUT2D eigenvalue weighted by Gasteiger charge is -2.22. The maximum atomic E-state index is 12.1. The Kier molecular flexibility index (Phi) is 7.77. The summed E-state index contributed by atoms with van der Waals surface area (Å²) in [5.74, 6) is -0.268. The normalized spacial score (nSPS) is 15.0. The monoisotopic (exact) mass is 471 g/mol. The fraction of sp³-hybridized carbons (Fsp3) is 0.412. The first-order valence-corrected chi connectivity index (χ1v) is 12.7. The van der Waals surface area contributed by atoms with Crippen LogP contribution in [0.15, 0.2) is 33.5 Å². The van der Waals surface area contributed by atoms with E-state index in [1.165, 1.54) is 58.7 Å². The molecule has 2 heterocycles. The zero-order valence-electron chi connectivity index (χ0n) is 16.1. The van der Waals surface area contributed by atoms with E-state index in [0.29, 0.717) is 21.7 Å². The van der Waals surface area contributed by atoms with Gasteiger partial charge in [-0.1, -0.05) is 23.1 Å². The van der Waals surface area contributed by atoms with Crippen LogP contribution in [0.25, 0.3) is 0 Å². The molecule has 1 saturated heterocycles. The van der Waals surface area contributed by atoms with Crippen LogP contribution < -0.4 is 20.7 Å². The lowest BCUT2D eigenvalue weighted by Crippen LogP contribution is -3.13. The number of carbonyl (C=O) groups excluding carboxylic acids is 2. The van der Waals surface area contributed by atoms with Gasteiger partial charge in [0.2, 0.25) is 21.1 Å². The summed E-state index contributed by atoms with van der Waals surface area (Å²) in [7, 11) is -3.77. The minimum atomic E-state index is -3.77. The van der Waals surface area contributed by atoms with Crippen molar-refractivity contribution in [2.24, 2.45) is 5.14 Å². The van der Waals surface area contributed by atoms with Gasteiger partial charge in [-0.3, -0.25) is 14.9 Å². The van der Waals surface area contributed by atoms with E-state index in [-0.39, 0.29) is 22.5 Å². The number of amides is 2. The number of likely N-dealkylation sites (tertiary alicyclic amines) is 1. The highest BCUT2D eigenvalue weighted by atomic mass is 32.2. The number of thioether (sulfide) groups is 1. The predicted molar refractivity (Wildman–Crippen MR) is 115 cm³/mol. The molecular formula is C17H23N6O4S3+. The number of primary sulfonamides is 1. The Labute approximate surface area is 182 Å². The number of piperidine rings is 1. The lowest BCUT2D eigenvalue weighted by molar-refractivity contribution is -0.896. The molecular weight excluding hydrogens is 448 g/mol. The van der Waals surface area contributed by atoms with Crippen molar-refractivity contribution in [3.63, 3.8) is 0 Å². The maximum absolute atomic E-state index is 12.1. The van der Waals surface area contributed by atoms with Gasteiger partial charge in [-0.2, -0.15) is 0 Å². The summed E-state index contributed by atoms with van der Waals surface area (Å²) >= 11 is 2.41. The van der Waals surface area contributed by atoms with Gasteiger partial charge in [0, 0.05) is 5.69 Å². The number of hydrogen-bond donors (Lipinski definition) is 4. The summed E-state index contributed by atoms with van der Waals surface area (Å²) in [5.41, 5.74) is 0.457. The minimum Gasteiger partial charge on any atom is -0.327 e. The Balaban J connectivity index is 1.43. The number of nitrogens with zero attached hydrogens (tertiary/aromatic N) is 2. The third-order valence-corrected chi connectivity index (χ3v) is 7.32. The fourth-order valence-electron chi connectivity index (χ4n) is 2.99. The highest BCUT2D eigenvalue weighted by Crippen LogP contribution is 2.25. The second-order valence-electron chi connectivity index (χ2n) is 6.81. The van der Waals surface area contributed by atoms with E-state index < -0.39 is 10.0 Å². The number of anilines is 2. The molecule has 3 rings (SSSR count). The van der Waals surface area contributed by atoms with Crippen LogP contribution in [0, 0.1) is 0 Å². The molecule has 0 unspecified atom stereocenters. The van der Waals surface area contributed by atoms with E-state index in [4.69, 9.17) is 5.14 Å². The number of rotatable bonds is 8. The molecule has 0 radical (unpaired) electrons. The standard InChI is InChI=1S/C17H22N6O4S3/c18-30(26,27)13-6-4-12(5-7-13)19-15(25)11-28-17-22-21-16(29-17)20-14(24)10-23-8-2-1-3-9-23/h4-7H,1-3,8-11H2,(H,19,25)(H2,18,26,27)(H,20,21,24)/p+1. The zero-order valence-corrected chi connectivity index (χ0v) is 18.5. The molecule has 0 saturated carbocycles. The molecule has 2 aromatic rings. The van der Waals surface area contributed by atoms with Crippen molar-refractivity contribution in [1.29, 1.82) is 0 Å². The van der Waals surface area contributed by atoms with Gasteiger partial charge >= 0.3 is 0 Å². The molecule has 1 aliphatic heterocycles. The van der Waals surface area contributed by atoms with Crippen molar-refractivity contribution in [2.45, 2.75) is 28.5 Å². The predicted octanol–water partition coefficient (Wildman–Crippen LogP) is -0.0764. The van der Waals surface area contributed by atoms with Crippen LogP contribution in [0.1, 0.15) is 19.3 Å². The van der Waals surface area contributed by atoms with Gasteiger partial charge in [-0.25, -0.2) is 13.6 Å². The molecule has 10 nitrogen and oxygen atoms in total.